The number of aromatic nitrogens is 2. The van der Waals surface area contributed by atoms with Gasteiger partial charge in [-0.1, -0.05) is 0 Å². The molecule has 0 saturated carbocycles. The van der Waals surface area contributed by atoms with Crippen LogP contribution in [0.5, 0.6) is 0 Å². The van der Waals surface area contributed by atoms with Crippen molar-refractivity contribution in [3.05, 3.63) is 48.3 Å². The highest BCUT2D eigenvalue weighted by Crippen LogP contribution is 2.07. The predicted octanol–water partition coefficient (Wildman–Crippen LogP) is 2.01. The van der Waals surface area contributed by atoms with Gasteiger partial charge in [0.05, 0.1) is 11.9 Å². The smallest absolute Gasteiger partial charge is 0.152 e. The molecule has 0 unspecified atom stereocenters. The van der Waals surface area contributed by atoms with Crippen LogP contribution in [0.3, 0.4) is 0 Å². The maximum absolute atomic E-state index is 12.6. The molecule has 2 rings (SSSR count). The minimum Gasteiger partial charge on any atom is -0.333 e. The van der Waals surface area contributed by atoms with E-state index in [1.165, 1.54) is 12.1 Å². The Hall–Kier alpha value is -2.17. The average molecular weight is 218 g/mol. The largest absolute Gasteiger partial charge is 0.333 e. The highest BCUT2D eigenvalue weighted by atomic mass is 19.1. The molecule has 0 bridgehead atoms. The number of anilines is 1. The van der Waals surface area contributed by atoms with Crippen LogP contribution >= 0.6 is 0 Å². The van der Waals surface area contributed by atoms with E-state index in [-0.39, 0.29) is 5.82 Å². The zero-order valence-electron chi connectivity index (χ0n) is 8.76. The van der Waals surface area contributed by atoms with Gasteiger partial charge in [0.15, 0.2) is 5.82 Å². The lowest BCUT2D eigenvalue weighted by Crippen LogP contribution is -1.97. The van der Waals surface area contributed by atoms with Crippen LogP contribution in [0.25, 0.3) is 0 Å². The van der Waals surface area contributed by atoms with E-state index in [0.29, 0.717) is 0 Å². The number of aryl methyl sites for hydroxylation is 1. The van der Waals surface area contributed by atoms with E-state index in [1.54, 1.807) is 24.5 Å². The predicted molar refractivity (Wildman–Crippen MR) is 60.8 cm³/mol. The number of rotatable bonds is 3. The van der Waals surface area contributed by atoms with Crippen LogP contribution in [-0.4, -0.2) is 15.8 Å². The lowest BCUT2D eigenvalue weighted by Gasteiger charge is -1.99. The van der Waals surface area contributed by atoms with E-state index < -0.39 is 0 Å². The molecule has 16 heavy (non-hydrogen) atoms. The monoisotopic (exact) mass is 218 g/mol. The number of benzene rings is 1. The van der Waals surface area contributed by atoms with Gasteiger partial charge in [-0.15, -0.1) is 0 Å². The van der Waals surface area contributed by atoms with Crippen molar-refractivity contribution in [2.45, 2.75) is 0 Å². The normalized spacial score (nSPS) is 10.9. The molecule has 1 N–H and O–H groups in total. The summed E-state index contributed by atoms with van der Waals surface area (Å²) in [4.78, 5) is 4.07. The molecule has 5 heteroatoms. The number of hydrazone groups is 1. The maximum atomic E-state index is 12.6. The van der Waals surface area contributed by atoms with Crippen LogP contribution in [0.15, 0.2) is 41.8 Å². The molecule has 0 saturated heterocycles. The summed E-state index contributed by atoms with van der Waals surface area (Å²) in [6.45, 7) is 0. The standard InChI is InChI=1S/C11H11FN4/c1-16-7-6-13-11(16)8-14-15-10-4-2-9(12)3-5-10/h2-8,15H,1H3/b14-8-. The van der Waals surface area contributed by atoms with Gasteiger partial charge < -0.3 is 4.57 Å². The van der Waals surface area contributed by atoms with Crippen molar-refractivity contribution in [3.8, 4) is 0 Å². The summed E-state index contributed by atoms with van der Waals surface area (Å²) < 4.78 is 14.4. The Morgan fingerprint density at radius 2 is 2.12 bits per heavy atom. The molecule has 0 spiro atoms. The van der Waals surface area contributed by atoms with Crippen molar-refractivity contribution >= 4 is 11.9 Å². The second kappa shape index (κ2) is 4.57. The maximum Gasteiger partial charge on any atom is 0.152 e. The van der Waals surface area contributed by atoms with Crippen molar-refractivity contribution in [3.63, 3.8) is 0 Å². The van der Waals surface area contributed by atoms with E-state index in [1.807, 2.05) is 17.8 Å². The number of hydrogen-bond donors (Lipinski definition) is 1. The zero-order chi connectivity index (χ0) is 11.4. The molecule has 1 aromatic heterocycles. The van der Waals surface area contributed by atoms with Crippen molar-refractivity contribution in [2.75, 3.05) is 5.43 Å². The summed E-state index contributed by atoms with van der Waals surface area (Å²) >= 11 is 0. The summed E-state index contributed by atoms with van der Waals surface area (Å²) in [7, 11) is 1.88. The van der Waals surface area contributed by atoms with Gasteiger partial charge in [0, 0.05) is 19.4 Å². The number of halogens is 1. The van der Waals surface area contributed by atoms with Gasteiger partial charge in [0.1, 0.15) is 5.82 Å². The second-order valence-corrected chi connectivity index (χ2v) is 3.27. The lowest BCUT2D eigenvalue weighted by atomic mass is 10.3. The minimum absolute atomic E-state index is 0.265. The van der Waals surface area contributed by atoms with Crippen molar-refractivity contribution < 1.29 is 4.39 Å². The Morgan fingerprint density at radius 3 is 2.75 bits per heavy atom. The number of nitrogens with one attached hydrogen (secondary N) is 1. The highest BCUT2D eigenvalue weighted by molar-refractivity contribution is 5.75. The molecule has 0 amide bonds. The minimum atomic E-state index is -0.265. The van der Waals surface area contributed by atoms with Crippen LogP contribution in [-0.2, 0) is 7.05 Å². The molecule has 0 aliphatic carbocycles. The zero-order valence-corrected chi connectivity index (χ0v) is 8.76. The molecule has 0 fully saturated rings. The molecule has 1 heterocycles. The molecule has 82 valence electrons. The summed E-state index contributed by atoms with van der Waals surface area (Å²) in [5, 5.41) is 3.99. The first kappa shape index (κ1) is 10.4. The molecule has 4 nitrogen and oxygen atoms in total. The highest BCUT2D eigenvalue weighted by Gasteiger charge is 1.93. The van der Waals surface area contributed by atoms with Gasteiger partial charge in [-0.3, -0.25) is 5.43 Å². The average Bonchev–Trinajstić information content (AvgIpc) is 2.68. The number of nitrogens with zero attached hydrogens (tertiary/aromatic N) is 3. The summed E-state index contributed by atoms with van der Waals surface area (Å²) in [5.41, 5.74) is 3.52. The molecule has 0 atom stereocenters. The Bertz CT molecular complexity index is 487. The van der Waals surface area contributed by atoms with Crippen LogP contribution in [0.2, 0.25) is 0 Å². The summed E-state index contributed by atoms with van der Waals surface area (Å²) in [6, 6.07) is 5.98. The van der Waals surface area contributed by atoms with Gasteiger partial charge in [-0.05, 0) is 24.3 Å². The van der Waals surface area contributed by atoms with Crippen molar-refractivity contribution in [1.29, 1.82) is 0 Å². The first-order valence-electron chi connectivity index (χ1n) is 4.77. The molecule has 1 aromatic carbocycles. The quantitative estimate of drug-likeness (QED) is 0.632. The summed E-state index contributed by atoms with van der Waals surface area (Å²) in [5.74, 6) is 0.480. The van der Waals surface area contributed by atoms with E-state index in [0.717, 1.165) is 11.5 Å². The van der Waals surface area contributed by atoms with E-state index in [4.69, 9.17) is 0 Å². The second-order valence-electron chi connectivity index (χ2n) is 3.27. The lowest BCUT2D eigenvalue weighted by molar-refractivity contribution is 0.628. The first-order chi connectivity index (χ1) is 7.75. The third-order valence-corrected chi connectivity index (χ3v) is 2.08. The van der Waals surface area contributed by atoms with Crippen LogP contribution in [0.4, 0.5) is 10.1 Å². The third-order valence-electron chi connectivity index (χ3n) is 2.08. The van der Waals surface area contributed by atoms with Crippen LogP contribution < -0.4 is 5.43 Å². The van der Waals surface area contributed by atoms with E-state index in [2.05, 4.69) is 15.5 Å². The van der Waals surface area contributed by atoms with E-state index in [9.17, 15) is 4.39 Å². The van der Waals surface area contributed by atoms with Gasteiger partial charge in [-0.25, -0.2) is 9.37 Å². The van der Waals surface area contributed by atoms with Gasteiger partial charge in [0.2, 0.25) is 0 Å². The number of hydrogen-bond acceptors (Lipinski definition) is 3. The van der Waals surface area contributed by atoms with Gasteiger partial charge >= 0.3 is 0 Å². The van der Waals surface area contributed by atoms with E-state index >= 15 is 0 Å². The molecular formula is C11H11FN4. The first-order valence-corrected chi connectivity index (χ1v) is 4.77. The molecule has 0 aliphatic rings. The molecule has 0 radical (unpaired) electrons. The Balaban J connectivity index is 2.00. The molecule has 2 aromatic rings. The Labute approximate surface area is 92.4 Å². The van der Waals surface area contributed by atoms with Gasteiger partial charge in [0.25, 0.3) is 0 Å². The fraction of sp³-hybridized carbons (Fsp3) is 0.0909. The topological polar surface area (TPSA) is 42.2 Å². The molecular weight excluding hydrogens is 207 g/mol. The van der Waals surface area contributed by atoms with Crippen LogP contribution in [0, 0.1) is 5.82 Å². The summed E-state index contributed by atoms with van der Waals surface area (Å²) in [6.07, 6.45) is 5.13. The Morgan fingerprint density at radius 1 is 1.38 bits per heavy atom. The van der Waals surface area contributed by atoms with Gasteiger partial charge in [-0.2, -0.15) is 5.10 Å². The SMILES string of the molecule is Cn1ccnc1/C=N\Nc1ccc(F)cc1. The van der Waals surface area contributed by atoms with Crippen LogP contribution in [0.1, 0.15) is 5.82 Å². The Kier molecular flexibility index (Phi) is 2.95. The van der Waals surface area contributed by atoms with Crippen molar-refractivity contribution in [1.82, 2.24) is 9.55 Å². The fourth-order valence-electron chi connectivity index (χ4n) is 1.19. The molecule has 0 aliphatic heterocycles. The fourth-order valence-corrected chi connectivity index (χ4v) is 1.19. The number of imidazole rings is 1. The third kappa shape index (κ3) is 2.44. The van der Waals surface area contributed by atoms with Crippen molar-refractivity contribution in [2.24, 2.45) is 12.1 Å².